The van der Waals surface area contributed by atoms with Gasteiger partial charge in [-0.1, -0.05) is 0 Å². The van der Waals surface area contributed by atoms with E-state index in [-0.39, 0.29) is 15.0 Å². The van der Waals surface area contributed by atoms with Crippen LogP contribution in [0.5, 0.6) is 0 Å². The minimum atomic E-state index is -0.712. The van der Waals surface area contributed by atoms with Gasteiger partial charge in [-0.25, -0.2) is 0 Å². The third-order valence-electron chi connectivity index (χ3n) is 3.01. The number of carbonyl (C=O) groups is 2. The molecule has 0 heterocycles. The van der Waals surface area contributed by atoms with Crippen LogP contribution in [0.3, 0.4) is 0 Å². The Morgan fingerprint density at radius 2 is 1.91 bits per heavy atom. The zero-order chi connectivity index (χ0) is 17.1. The summed E-state index contributed by atoms with van der Waals surface area (Å²) >= 11 is 0.172. The van der Waals surface area contributed by atoms with E-state index in [0.717, 1.165) is 23.7 Å². The van der Waals surface area contributed by atoms with Gasteiger partial charge in [0.15, 0.2) is 0 Å². The Morgan fingerprint density at radius 1 is 1.22 bits per heavy atom. The molecule has 0 spiro atoms. The molecule has 1 aromatic carbocycles. The summed E-state index contributed by atoms with van der Waals surface area (Å²) in [5.41, 5.74) is 1.19. The summed E-state index contributed by atoms with van der Waals surface area (Å²) < 4.78 is 10.6. The molecule has 1 rings (SSSR count). The SMILES string of the molecule is CCCC[Se]/C=C(\C(=O)OCC)C(OC(C)=O)c1ccccc1. The van der Waals surface area contributed by atoms with E-state index < -0.39 is 18.0 Å². The first-order valence-corrected chi connectivity index (χ1v) is 10.0. The number of unbranched alkanes of at least 4 members (excludes halogenated alkanes) is 1. The maximum absolute atomic E-state index is 12.3. The number of benzene rings is 1. The van der Waals surface area contributed by atoms with Crippen molar-refractivity contribution in [3.63, 3.8) is 0 Å². The second kappa shape index (κ2) is 11.0. The van der Waals surface area contributed by atoms with Gasteiger partial charge in [-0.05, 0) is 0 Å². The van der Waals surface area contributed by atoms with Gasteiger partial charge in [-0.15, -0.1) is 0 Å². The fourth-order valence-corrected chi connectivity index (χ4v) is 3.95. The number of carbonyl (C=O) groups excluding carboxylic acids is 2. The van der Waals surface area contributed by atoms with Gasteiger partial charge in [0.25, 0.3) is 0 Å². The fourth-order valence-electron chi connectivity index (χ4n) is 1.91. The van der Waals surface area contributed by atoms with E-state index in [1.807, 2.05) is 35.3 Å². The van der Waals surface area contributed by atoms with Gasteiger partial charge in [0.05, 0.1) is 0 Å². The van der Waals surface area contributed by atoms with Crippen LogP contribution < -0.4 is 0 Å². The minimum absolute atomic E-state index is 0.172. The van der Waals surface area contributed by atoms with Gasteiger partial charge in [0.2, 0.25) is 0 Å². The number of ether oxygens (including phenoxy) is 2. The number of esters is 2. The third kappa shape index (κ3) is 7.02. The second-order valence-corrected chi connectivity index (χ2v) is 6.97. The standard InChI is InChI=1S/C18H24O4Se/c1-4-6-12-23-13-16(18(20)21-5-2)17(22-14(3)19)15-10-8-7-9-11-15/h7-11,13,17H,4-6,12H2,1-3H3/b16-13-. The fraction of sp³-hybridized carbons (Fsp3) is 0.444. The van der Waals surface area contributed by atoms with Gasteiger partial charge in [-0.2, -0.15) is 0 Å². The van der Waals surface area contributed by atoms with Crippen molar-refractivity contribution >= 4 is 26.9 Å². The van der Waals surface area contributed by atoms with Crippen LogP contribution in [0.1, 0.15) is 45.3 Å². The molecule has 0 N–H and O–H groups in total. The van der Waals surface area contributed by atoms with Crippen LogP contribution in [0.15, 0.2) is 40.9 Å². The Morgan fingerprint density at radius 3 is 2.48 bits per heavy atom. The predicted octanol–water partition coefficient (Wildman–Crippen LogP) is 3.66. The molecule has 0 fully saturated rings. The van der Waals surface area contributed by atoms with Crippen LogP contribution in [-0.4, -0.2) is 33.5 Å². The van der Waals surface area contributed by atoms with Crippen molar-refractivity contribution in [2.45, 2.75) is 45.0 Å². The summed E-state index contributed by atoms with van der Waals surface area (Å²) in [6.07, 6.45) is 1.53. The summed E-state index contributed by atoms with van der Waals surface area (Å²) in [7, 11) is 0. The van der Waals surface area contributed by atoms with E-state index in [9.17, 15) is 9.59 Å². The molecule has 23 heavy (non-hydrogen) atoms. The van der Waals surface area contributed by atoms with E-state index in [4.69, 9.17) is 9.47 Å². The third-order valence-corrected chi connectivity index (χ3v) is 4.99. The van der Waals surface area contributed by atoms with Crippen LogP contribution in [0, 0.1) is 0 Å². The number of hydrogen-bond donors (Lipinski definition) is 0. The van der Waals surface area contributed by atoms with Crippen molar-refractivity contribution in [3.05, 3.63) is 46.4 Å². The molecule has 5 heteroatoms. The molecule has 1 unspecified atom stereocenters. The molecule has 1 atom stereocenters. The Balaban J connectivity index is 3.09. The van der Waals surface area contributed by atoms with Crippen molar-refractivity contribution in [1.29, 1.82) is 0 Å². The van der Waals surface area contributed by atoms with E-state index in [2.05, 4.69) is 6.92 Å². The Kier molecular flexibility index (Phi) is 9.34. The van der Waals surface area contributed by atoms with Gasteiger partial charge < -0.3 is 0 Å². The number of hydrogen-bond acceptors (Lipinski definition) is 4. The van der Waals surface area contributed by atoms with Crippen molar-refractivity contribution in [3.8, 4) is 0 Å². The van der Waals surface area contributed by atoms with Gasteiger partial charge in [0.1, 0.15) is 0 Å². The normalized spacial score (nSPS) is 12.6. The zero-order valence-electron chi connectivity index (χ0n) is 13.9. The predicted molar refractivity (Wildman–Crippen MR) is 91.1 cm³/mol. The average molecular weight is 383 g/mol. The molecule has 0 bridgehead atoms. The Bertz CT molecular complexity index is 525. The average Bonchev–Trinajstić information content (AvgIpc) is 2.54. The summed E-state index contributed by atoms with van der Waals surface area (Å²) in [5, 5.41) is 1.05. The van der Waals surface area contributed by atoms with E-state index in [0.29, 0.717) is 12.2 Å². The molecule has 0 aliphatic rings. The Labute approximate surface area is 144 Å². The molecule has 0 saturated carbocycles. The van der Waals surface area contributed by atoms with Crippen molar-refractivity contribution in [2.24, 2.45) is 0 Å². The summed E-state index contributed by atoms with van der Waals surface area (Å²) in [6.45, 7) is 5.54. The molecule has 4 nitrogen and oxygen atoms in total. The molecule has 126 valence electrons. The first kappa shape index (κ1) is 19.5. The second-order valence-electron chi connectivity index (χ2n) is 4.92. The molecular weight excluding hydrogens is 359 g/mol. The summed E-state index contributed by atoms with van der Waals surface area (Å²) in [4.78, 5) is 25.7. The van der Waals surface area contributed by atoms with Gasteiger partial charge in [0, 0.05) is 0 Å². The van der Waals surface area contributed by atoms with Crippen LogP contribution in [0.4, 0.5) is 0 Å². The molecular formula is C18H24O4Se. The van der Waals surface area contributed by atoms with Crippen molar-refractivity contribution in [2.75, 3.05) is 6.61 Å². The first-order valence-electron chi connectivity index (χ1n) is 7.81. The Hall–Kier alpha value is -1.58. The van der Waals surface area contributed by atoms with Crippen molar-refractivity contribution in [1.82, 2.24) is 0 Å². The molecule has 0 aliphatic carbocycles. The van der Waals surface area contributed by atoms with Crippen LogP contribution in [0.25, 0.3) is 0 Å². The quantitative estimate of drug-likeness (QED) is 0.283. The molecule has 0 aliphatic heterocycles. The van der Waals surface area contributed by atoms with E-state index in [1.165, 1.54) is 6.92 Å². The maximum atomic E-state index is 12.3. The topological polar surface area (TPSA) is 52.6 Å². The zero-order valence-corrected chi connectivity index (χ0v) is 15.6. The summed E-state index contributed by atoms with van der Waals surface area (Å²) in [5.74, 6) is -0.837. The molecule has 0 saturated heterocycles. The van der Waals surface area contributed by atoms with Crippen LogP contribution in [-0.2, 0) is 19.1 Å². The van der Waals surface area contributed by atoms with Crippen LogP contribution >= 0.6 is 0 Å². The summed E-state index contributed by atoms with van der Waals surface area (Å²) in [6, 6.07) is 9.29. The molecule has 0 amide bonds. The van der Waals surface area contributed by atoms with Gasteiger partial charge >= 0.3 is 144 Å². The molecule has 0 aromatic heterocycles. The van der Waals surface area contributed by atoms with Crippen LogP contribution in [0.2, 0.25) is 5.32 Å². The van der Waals surface area contributed by atoms with Crippen molar-refractivity contribution < 1.29 is 19.1 Å². The van der Waals surface area contributed by atoms with Gasteiger partial charge in [-0.3, -0.25) is 0 Å². The number of rotatable bonds is 9. The molecule has 1 aromatic rings. The van der Waals surface area contributed by atoms with E-state index >= 15 is 0 Å². The molecule has 0 radical (unpaired) electrons. The first-order chi connectivity index (χ1) is 11.1. The monoisotopic (exact) mass is 384 g/mol. The van der Waals surface area contributed by atoms with E-state index in [1.54, 1.807) is 6.92 Å².